The van der Waals surface area contributed by atoms with Gasteiger partial charge in [-0.3, -0.25) is 9.79 Å². The molecule has 16 nitrogen and oxygen atoms in total. The predicted molar refractivity (Wildman–Crippen MR) is 262 cm³/mol. The van der Waals surface area contributed by atoms with Crippen LogP contribution in [-0.4, -0.2) is 148 Å². The highest BCUT2D eigenvalue weighted by atomic mass is 16.5. The number of esters is 1. The van der Waals surface area contributed by atoms with Gasteiger partial charge in [0.25, 0.3) is 0 Å². The first-order chi connectivity index (χ1) is 31.5. The van der Waals surface area contributed by atoms with E-state index in [-0.39, 0.29) is 43.5 Å². The minimum Gasteiger partial charge on any atom is -0.461 e. The number of guanidine groups is 1. The number of carbonyl (C=O) groups excluding carboxylic acids is 1. The fourth-order valence-corrected chi connectivity index (χ4v) is 9.29. The number of aliphatic imine (C=N–C) groups is 1. The van der Waals surface area contributed by atoms with Crippen LogP contribution in [0, 0.1) is 23.7 Å². The van der Waals surface area contributed by atoms with Crippen molar-refractivity contribution in [2.24, 2.45) is 40.1 Å². The van der Waals surface area contributed by atoms with E-state index >= 15 is 0 Å². The monoisotopic (exact) mass is 960 g/mol. The van der Waals surface area contributed by atoms with Crippen LogP contribution in [0.25, 0.3) is 0 Å². The van der Waals surface area contributed by atoms with Crippen molar-refractivity contribution >= 4 is 11.9 Å². The molecule has 0 aromatic rings. The van der Waals surface area contributed by atoms with E-state index in [1.54, 1.807) is 6.92 Å². The number of hydrogen-bond donors (Lipinski definition) is 13. The van der Waals surface area contributed by atoms with Crippen LogP contribution in [-0.2, 0) is 9.53 Å². The summed E-state index contributed by atoms with van der Waals surface area (Å²) in [4.78, 5) is 18.3. The zero-order chi connectivity index (χ0) is 50.6. The van der Waals surface area contributed by atoms with Crippen molar-refractivity contribution < 1.29 is 65.7 Å². The van der Waals surface area contributed by atoms with Gasteiger partial charge in [-0.25, -0.2) is 0 Å². The lowest BCUT2D eigenvalue weighted by Crippen LogP contribution is -2.42. The molecule has 0 radical (unpaired) electrons. The summed E-state index contributed by atoms with van der Waals surface area (Å²) in [5, 5.41) is 119. The van der Waals surface area contributed by atoms with Crippen LogP contribution in [0.5, 0.6) is 0 Å². The Morgan fingerprint density at radius 1 is 0.716 bits per heavy atom. The lowest BCUT2D eigenvalue weighted by molar-refractivity contribution is -0.167. The van der Waals surface area contributed by atoms with Gasteiger partial charge in [0.2, 0.25) is 0 Å². The number of allylic oxidation sites excluding steroid dienone is 1. The quantitative estimate of drug-likeness (QED) is 0.0481. The number of rotatable bonds is 10. The van der Waals surface area contributed by atoms with Crippen molar-refractivity contribution in [3.05, 3.63) is 23.3 Å². The third-order valence-electron chi connectivity index (χ3n) is 13.7. The average Bonchev–Trinajstić information content (AvgIpc) is 3.24. The molecule has 0 aliphatic carbocycles. The summed E-state index contributed by atoms with van der Waals surface area (Å²) in [6.45, 7) is 11.7. The lowest BCUT2D eigenvalue weighted by atomic mass is 9.83. The molecule has 0 bridgehead atoms. The van der Waals surface area contributed by atoms with Gasteiger partial charge in [-0.15, -0.1) is 0 Å². The first kappa shape index (κ1) is 62.8. The van der Waals surface area contributed by atoms with Gasteiger partial charge in [0.1, 0.15) is 6.10 Å². The van der Waals surface area contributed by atoms with Gasteiger partial charge in [0.15, 0.2) is 5.96 Å². The zero-order valence-electron chi connectivity index (χ0n) is 42.0. The number of ether oxygens (including phenoxy) is 1. The summed E-state index contributed by atoms with van der Waals surface area (Å²) in [7, 11) is 0. The fraction of sp³-hybridized carbons (Fsp3) is 0.882. The third kappa shape index (κ3) is 27.7. The van der Waals surface area contributed by atoms with Crippen molar-refractivity contribution in [2.75, 3.05) is 6.54 Å². The van der Waals surface area contributed by atoms with E-state index in [0.717, 1.165) is 31.3 Å². The van der Waals surface area contributed by atoms with Crippen molar-refractivity contribution in [1.82, 2.24) is 0 Å². The summed E-state index contributed by atoms with van der Waals surface area (Å²) in [5.74, 6) is -2.50. The maximum absolute atomic E-state index is 14.2. The molecule has 0 spiro atoms. The number of nitrogens with two attached hydrogens (primary N) is 2. The number of aliphatic hydroxyl groups excluding tert-OH is 11. The lowest BCUT2D eigenvalue weighted by Gasteiger charge is -2.34. The molecule has 1 aliphatic rings. The number of unbranched alkanes of at least 4 members (excludes halogenated alkanes) is 2. The standard InChI is InChI=1S/C51H97N3O13/c1-7-8-9-20-43-48(65)33(3)23-24-38(56)18-12-17-37(55)19-13-21-44(61)34(4)27-46(63)47(64)31-42(60)30-41(59)29-40(58)28-39(57)16-11-10-15-32(2)26-35(5)49(67-50(43)66)36(6)45(62)22-14-25-54-51(52)53/h26-27,33,35-49,55-65H,7-25,28-31H2,1-6H3,(H4,52,53,54)/t33-,35+,36-,37+,38+,39+,40-,41+,42+,43+,44+,45-,46+,47-,48-,49-/m1/s1. The predicted octanol–water partition coefficient (Wildman–Crippen LogP) is 4.17. The molecular weight excluding hydrogens is 863 g/mol. The van der Waals surface area contributed by atoms with E-state index in [2.05, 4.69) is 11.9 Å². The highest BCUT2D eigenvalue weighted by molar-refractivity contribution is 5.75. The van der Waals surface area contributed by atoms with E-state index in [9.17, 15) is 61.0 Å². The van der Waals surface area contributed by atoms with Crippen molar-refractivity contribution in [2.45, 2.75) is 256 Å². The minimum absolute atomic E-state index is 0.0276. The second-order valence-corrected chi connectivity index (χ2v) is 20.3. The summed E-state index contributed by atoms with van der Waals surface area (Å²) in [5.41, 5.74) is 12.4. The van der Waals surface area contributed by atoms with Gasteiger partial charge in [-0.2, -0.15) is 0 Å². The van der Waals surface area contributed by atoms with Crippen LogP contribution in [0.1, 0.15) is 183 Å². The van der Waals surface area contributed by atoms with E-state index in [1.807, 2.05) is 33.8 Å². The second kappa shape index (κ2) is 35.0. The molecule has 0 saturated carbocycles. The van der Waals surface area contributed by atoms with Gasteiger partial charge in [0, 0.05) is 24.8 Å². The number of hydrogen-bond acceptors (Lipinski definition) is 14. The maximum atomic E-state index is 14.2. The van der Waals surface area contributed by atoms with Gasteiger partial charge < -0.3 is 72.4 Å². The highest BCUT2D eigenvalue weighted by Gasteiger charge is 2.37. The van der Waals surface area contributed by atoms with Crippen LogP contribution in [0.2, 0.25) is 0 Å². The molecule has 0 saturated heterocycles. The molecule has 0 aromatic carbocycles. The Morgan fingerprint density at radius 3 is 1.90 bits per heavy atom. The largest absolute Gasteiger partial charge is 0.461 e. The SMILES string of the molecule is CCCCC[C@@H]1C(=O)O[C@@H]([C@H](C)[C@H](O)CCCN=C(N)N)[C@@H](C)C=C(C)CCCC[C@H](O)C[C@@H](O)C[C@H](O)C[C@H](O)C[C@@H](O)[C@@H](O)C=C(C)[C@@H](O)CCC[C@@H](O)CCC[C@H](O)CC[C@@H](C)[C@H]1O. The fourth-order valence-electron chi connectivity index (χ4n) is 9.29. The molecular formula is C51H97N3O13. The van der Waals surface area contributed by atoms with E-state index in [4.69, 9.17) is 16.2 Å². The molecule has 394 valence electrons. The molecule has 1 aliphatic heterocycles. The van der Waals surface area contributed by atoms with Crippen LogP contribution in [0.4, 0.5) is 0 Å². The Bertz CT molecular complexity index is 1400. The van der Waals surface area contributed by atoms with Crippen LogP contribution >= 0.6 is 0 Å². The molecule has 16 heteroatoms. The molecule has 1 rings (SSSR count). The molecule has 1 heterocycles. The van der Waals surface area contributed by atoms with Crippen LogP contribution < -0.4 is 11.5 Å². The molecule has 67 heavy (non-hydrogen) atoms. The normalized spacial score (nSPS) is 34.7. The van der Waals surface area contributed by atoms with Gasteiger partial charge in [0.05, 0.1) is 73.1 Å². The molecule has 16 atom stereocenters. The topological polar surface area (TPSA) is 313 Å². The Kier molecular flexibility index (Phi) is 32.8. The first-order valence-corrected chi connectivity index (χ1v) is 25.7. The second-order valence-electron chi connectivity index (χ2n) is 20.3. The van der Waals surface area contributed by atoms with Gasteiger partial charge >= 0.3 is 5.97 Å². The average molecular weight is 960 g/mol. The van der Waals surface area contributed by atoms with Crippen molar-refractivity contribution in [3.8, 4) is 0 Å². The third-order valence-corrected chi connectivity index (χ3v) is 13.7. The van der Waals surface area contributed by atoms with Gasteiger partial charge in [-0.1, -0.05) is 71.1 Å². The molecule has 0 fully saturated rings. The highest BCUT2D eigenvalue weighted by Crippen LogP contribution is 2.31. The zero-order valence-corrected chi connectivity index (χ0v) is 42.0. The van der Waals surface area contributed by atoms with Crippen molar-refractivity contribution in [1.29, 1.82) is 0 Å². The molecule has 0 aromatic heterocycles. The van der Waals surface area contributed by atoms with Crippen LogP contribution in [0.15, 0.2) is 28.3 Å². The van der Waals surface area contributed by atoms with E-state index in [0.29, 0.717) is 102 Å². The number of aliphatic hydroxyl groups is 11. The van der Waals surface area contributed by atoms with Crippen molar-refractivity contribution in [3.63, 3.8) is 0 Å². The number of nitrogens with zero attached hydrogens (tertiary/aromatic N) is 1. The smallest absolute Gasteiger partial charge is 0.311 e. The summed E-state index contributed by atoms with van der Waals surface area (Å²) >= 11 is 0. The first-order valence-electron chi connectivity index (χ1n) is 25.7. The summed E-state index contributed by atoms with van der Waals surface area (Å²) in [6.07, 6.45) is 0.977. The van der Waals surface area contributed by atoms with Crippen LogP contribution in [0.3, 0.4) is 0 Å². The summed E-state index contributed by atoms with van der Waals surface area (Å²) < 4.78 is 6.35. The maximum Gasteiger partial charge on any atom is 0.311 e. The Morgan fingerprint density at radius 2 is 1.28 bits per heavy atom. The summed E-state index contributed by atoms with van der Waals surface area (Å²) in [6, 6.07) is 0. The Hall–Kier alpha value is -2.22. The number of cyclic esters (lactones) is 1. The number of carbonyl (C=O) groups is 1. The van der Waals surface area contributed by atoms with E-state index < -0.39 is 91.1 Å². The molecule has 0 unspecified atom stereocenters. The van der Waals surface area contributed by atoms with E-state index in [1.165, 1.54) is 6.08 Å². The minimum atomic E-state index is -1.38. The Labute approximate surface area is 402 Å². The van der Waals surface area contributed by atoms with Gasteiger partial charge in [-0.05, 0) is 134 Å². The molecule has 15 N–H and O–H groups in total. The molecule has 0 amide bonds. The Balaban J connectivity index is 3.31.